The second kappa shape index (κ2) is 8.17. The highest BCUT2D eigenvalue weighted by Crippen LogP contribution is 2.18. The van der Waals surface area contributed by atoms with Gasteiger partial charge in [-0.3, -0.25) is 9.59 Å². The van der Waals surface area contributed by atoms with Crippen LogP contribution in [0.1, 0.15) is 52.0 Å². The fraction of sp³-hybridized carbons (Fsp3) is 0.300. The predicted octanol–water partition coefficient (Wildman–Crippen LogP) is 3.94. The molecule has 0 spiro atoms. The number of amides is 2. The Hall–Kier alpha value is -2.33. The molecule has 2 amide bonds. The lowest BCUT2D eigenvalue weighted by atomic mass is 10.1. The van der Waals surface area contributed by atoms with Crippen LogP contribution in [0.4, 0.5) is 0 Å². The van der Waals surface area contributed by atoms with Gasteiger partial charge in [0.15, 0.2) is 0 Å². The molecule has 2 N–H and O–H groups in total. The zero-order valence-corrected chi connectivity index (χ0v) is 14.7. The highest BCUT2D eigenvalue weighted by Gasteiger charge is 2.18. The maximum atomic E-state index is 12.4. The van der Waals surface area contributed by atoms with Gasteiger partial charge in [0.2, 0.25) is 0 Å². The van der Waals surface area contributed by atoms with Gasteiger partial charge < -0.3 is 10.6 Å². The lowest BCUT2D eigenvalue weighted by Crippen LogP contribution is -2.32. The van der Waals surface area contributed by atoms with Crippen molar-refractivity contribution in [3.63, 3.8) is 0 Å². The van der Waals surface area contributed by atoms with Crippen molar-refractivity contribution in [1.82, 2.24) is 10.6 Å². The van der Waals surface area contributed by atoms with Gasteiger partial charge in [-0.2, -0.15) is 0 Å². The molecule has 5 heteroatoms. The van der Waals surface area contributed by atoms with E-state index in [0.717, 1.165) is 31.2 Å². The lowest BCUT2D eigenvalue weighted by molar-refractivity contribution is 0.0938. The lowest BCUT2D eigenvalue weighted by Gasteiger charge is -2.12. The van der Waals surface area contributed by atoms with Crippen molar-refractivity contribution >= 4 is 23.4 Å². The Labute approximate surface area is 152 Å². The summed E-state index contributed by atoms with van der Waals surface area (Å²) in [5, 5.41) is 6.50. The van der Waals surface area contributed by atoms with E-state index in [0.29, 0.717) is 22.7 Å². The highest BCUT2D eigenvalue weighted by molar-refractivity contribution is 6.31. The fourth-order valence-electron chi connectivity index (χ4n) is 3.06. The Morgan fingerprint density at radius 2 is 1.64 bits per heavy atom. The SMILES string of the molecule is O=C(NCc1ccccc1Cl)c1cccc(C(=O)NC2CCCC2)c1. The summed E-state index contributed by atoms with van der Waals surface area (Å²) in [7, 11) is 0. The summed E-state index contributed by atoms with van der Waals surface area (Å²) in [6.45, 7) is 0.344. The van der Waals surface area contributed by atoms with Gasteiger partial charge in [-0.15, -0.1) is 0 Å². The number of halogens is 1. The summed E-state index contributed by atoms with van der Waals surface area (Å²) >= 11 is 6.10. The number of nitrogens with one attached hydrogen (secondary N) is 2. The van der Waals surface area contributed by atoms with E-state index >= 15 is 0 Å². The fourth-order valence-corrected chi connectivity index (χ4v) is 3.26. The zero-order valence-electron chi connectivity index (χ0n) is 13.9. The van der Waals surface area contributed by atoms with Crippen molar-refractivity contribution in [3.05, 3.63) is 70.2 Å². The van der Waals surface area contributed by atoms with E-state index in [2.05, 4.69) is 10.6 Å². The summed E-state index contributed by atoms with van der Waals surface area (Å²) < 4.78 is 0. The Balaban J connectivity index is 1.63. The Bertz CT molecular complexity index is 770. The van der Waals surface area contributed by atoms with E-state index < -0.39 is 0 Å². The van der Waals surface area contributed by atoms with Crippen LogP contribution in [0.2, 0.25) is 5.02 Å². The van der Waals surface area contributed by atoms with Crippen LogP contribution in [0.3, 0.4) is 0 Å². The molecule has 0 unspecified atom stereocenters. The van der Waals surface area contributed by atoms with E-state index in [4.69, 9.17) is 11.6 Å². The van der Waals surface area contributed by atoms with Gasteiger partial charge in [-0.1, -0.05) is 48.7 Å². The van der Waals surface area contributed by atoms with Crippen LogP contribution in [0.5, 0.6) is 0 Å². The molecule has 0 heterocycles. The molecule has 1 aliphatic rings. The van der Waals surface area contributed by atoms with E-state index in [1.807, 2.05) is 18.2 Å². The van der Waals surface area contributed by atoms with Gasteiger partial charge in [0.05, 0.1) is 0 Å². The molecule has 0 atom stereocenters. The van der Waals surface area contributed by atoms with Crippen molar-refractivity contribution in [2.75, 3.05) is 0 Å². The second-order valence-electron chi connectivity index (χ2n) is 6.31. The third-order valence-electron chi connectivity index (χ3n) is 4.47. The number of carbonyl (C=O) groups excluding carboxylic acids is 2. The number of benzene rings is 2. The molecule has 130 valence electrons. The first-order chi connectivity index (χ1) is 12.1. The van der Waals surface area contributed by atoms with Crippen molar-refractivity contribution < 1.29 is 9.59 Å². The molecule has 0 bridgehead atoms. The maximum absolute atomic E-state index is 12.4. The molecule has 1 aliphatic carbocycles. The third kappa shape index (κ3) is 4.60. The number of carbonyl (C=O) groups is 2. The maximum Gasteiger partial charge on any atom is 0.251 e. The van der Waals surface area contributed by atoms with Crippen LogP contribution < -0.4 is 10.6 Å². The topological polar surface area (TPSA) is 58.2 Å². The van der Waals surface area contributed by atoms with Gasteiger partial charge in [-0.25, -0.2) is 0 Å². The summed E-state index contributed by atoms with van der Waals surface area (Å²) in [6, 6.07) is 14.4. The normalized spacial score (nSPS) is 14.3. The van der Waals surface area contributed by atoms with Crippen LogP contribution in [0.25, 0.3) is 0 Å². The van der Waals surface area contributed by atoms with Crippen molar-refractivity contribution in [3.8, 4) is 0 Å². The average Bonchev–Trinajstić information content (AvgIpc) is 3.14. The third-order valence-corrected chi connectivity index (χ3v) is 4.84. The minimum absolute atomic E-state index is 0.118. The molecule has 3 rings (SSSR count). The monoisotopic (exact) mass is 356 g/mol. The first-order valence-electron chi connectivity index (χ1n) is 8.56. The molecule has 0 saturated heterocycles. The molecular formula is C20H21ClN2O2. The van der Waals surface area contributed by atoms with E-state index in [9.17, 15) is 9.59 Å². The number of hydrogen-bond acceptors (Lipinski definition) is 2. The second-order valence-corrected chi connectivity index (χ2v) is 6.72. The first kappa shape index (κ1) is 17.5. The minimum Gasteiger partial charge on any atom is -0.349 e. The van der Waals surface area contributed by atoms with Crippen LogP contribution in [0, 0.1) is 0 Å². The molecule has 1 fully saturated rings. The molecule has 2 aromatic rings. The number of rotatable bonds is 5. The molecular weight excluding hydrogens is 336 g/mol. The Morgan fingerprint density at radius 3 is 2.36 bits per heavy atom. The standard InChI is InChI=1S/C20H21ClN2O2/c21-18-11-4-1-6-16(18)13-22-19(24)14-7-5-8-15(12-14)20(25)23-17-9-2-3-10-17/h1,4-8,11-12,17H,2-3,9-10,13H2,(H,22,24)(H,23,25). The average molecular weight is 357 g/mol. The summed E-state index contributed by atoms with van der Waals surface area (Å²) in [4.78, 5) is 24.7. The Kier molecular flexibility index (Phi) is 5.71. The summed E-state index contributed by atoms with van der Waals surface area (Å²) in [6.07, 6.45) is 4.39. The van der Waals surface area contributed by atoms with E-state index in [-0.39, 0.29) is 17.9 Å². The summed E-state index contributed by atoms with van der Waals surface area (Å²) in [5.41, 5.74) is 1.83. The molecule has 0 radical (unpaired) electrons. The highest BCUT2D eigenvalue weighted by atomic mass is 35.5. The molecule has 25 heavy (non-hydrogen) atoms. The van der Waals surface area contributed by atoms with E-state index in [1.54, 1.807) is 30.3 Å². The largest absolute Gasteiger partial charge is 0.349 e. The van der Waals surface area contributed by atoms with E-state index in [1.165, 1.54) is 0 Å². The van der Waals surface area contributed by atoms with Crippen LogP contribution in [0.15, 0.2) is 48.5 Å². The molecule has 0 aliphatic heterocycles. The molecule has 0 aromatic heterocycles. The Morgan fingerprint density at radius 1 is 0.960 bits per heavy atom. The smallest absolute Gasteiger partial charge is 0.251 e. The zero-order chi connectivity index (χ0) is 17.6. The first-order valence-corrected chi connectivity index (χ1v) is 8.94. The van der Waals surface area contributed by atoms with Gasteiger partial charge in [-0.05, 0) is 42.7 Å². The quantitative estimate of drug-likeness (QED) is 0.852. The molecule has 4 nitrogen and oxygen atoms in total. The van der Waals surface area contributed by atoms with Gasteiger partial charge in [0, 0.05) is 28.7 Å². The van der Waals surface area contributed by atoms with Crippen molar-refractivity contribution in [2.24, 2.45) is 0 Å². The van der Waals surface area contributed by atoms with Crippen molar-refractivity contribution in [2.45, 2.75) is 38.3 Å². The van der Waals surface area contributed by atoms with Crippen LogP contribution in [-0.4, -0.2) is 17.9 Å². The van der Waals surface area contributed by atoms with Gasteiger partial charge in [0.1, 0.15) is 0 Å². The number of hydrogen-bond donors (Lipinski definition) is 2. The predicted molar refractivity (Wildman–Crippen MR) is 98.8 cm³/mol. The van der Waals surface area contributed by atoms with Crippen LogP contribution in [-0.2, 0) is 6.54 Å². The summed E-state index contributed by atoms with van der Waals surface area (Å²) in [5.74, 6) is -0.344. The van der Waals surface area contributed by atoms with Crippen molar-refractivity contribution in [1.29, 1.82) is 0 Å². The van der Waals surface area contributed by atoms with Crippen LogP contribution >= 0.6 is 11.6 Å². The van der Waals surface area contributed by atoms with Gasteiger partial charge >= 0.3 is 0 Å². The molecule has 2 aromatic carbocycles. The molecule has 1 saturated carbocycles. The minimum atomic E-state index is -0.226. The van der Waals surface area contributed by atoms with Gasteiger partial charge in [0.25, 0.3) is 11.8 Å².